The summed E-state index contributed by atoms with van der Waals surface area (Å²) in [5, 5.41) is 0.650. The van der Waals surface area contributed by atoms with Gasteiger partial charge in [-0.2, -0.15) is 0 Å². The first-order chi connectivity index (χ1) is 17.5. The molecule has 5 heteroatoms. The summed E-state index contributed by atoms with van der Waals surface area (Å²) >= 11 is 6.46. The molecule has 0 spiro atoms. The Morgan fingerprint density at radius 1 is 0.972 bits per heavy atom. The lowest BCUT2D eigenvalue weighted by Crippen LogP contribution is -2.29. The third kappa shape index (κ3) is 9.10. The van der Waals surface area contributed by atoms with E-state index in [0.29, 0.717) is 17.5 Å². The number of carbonyl (C=O) groups is 1. The number of benzene rings is 2. The van der Waals surface area contributed by atoms with Gasteiger partial charge in [-0.25, -0.2) is 9.18 Å². The van der Waals surface area contributed by atoms with Crippen LogP contribution in [0.3, 0.4) is 0 Å². The number of hydrogen-bond acceptors (Lipinski definition) is 3. The van der Waals surface area contributed by atoms with Crippen LogP contribution in [0.1, 0.15) is 90.0 Å². The van der Waals surface area contributed by atoms with Gasteiger partial charge in [0.25, 0.3) is 0 Å². The van der Waals surface area contributed by atoms with Crippen molar-refractivity contribution >= 4 is 17.6 Å². The van der Waals surface area contributed by atoms with E-state index in [1.807, 2.05) is 19.1 Å². The highest BCUT2D eigenvalue weighted by Crippen LogP contribution is 2.32. The molecule has 1 atom stereocenters. The summed E-state index contributed by atoms with van der Waals surface area (Å²) in [6, 6.07) is 14.7. The molecule has 0 unspecified atom stereocenters. The Morgan fingerprint density at radius 2 is 1.67 bits per heavy atom. The summed E-state index contributed by atoms with van der Waals surface area (Å²) < 4.78 is 25.1. The number of aryl methyl sites for hydroxylation is 1. The van der Waals surface area contributed by atoms with Crippen molar-refractivity contribution in [3.63, 3.8) is 0 Å². The molecule has 1 aliphatic rings. The topological polar surface area (TPSA) is 35.5 Å². The monoisotopic (exact) mass is 516 g/mol. The molecular formula is C31H42ClFO3. The van der Waals surface area contributed by atoms with E-state index in [-0.39, 0.29) is 12.5 Å². The van der Waals surface area contributed by atoms with Gasteiger partial charge in [0, 0.05) is 0 Å². The second-order valence-electron chi connectivity index (χ2n) is 10.1. The van der Waals surface area contributed by atoms with Gasteiger partial charge in [0.2, 0.25) is 0 Å². The average Bonchev–Trinajstić information content (AvgIpc) is 2.90. The van der Waals surface area contributed by atoms with Gasteiger partial charge >= 0.3 is 5.97 Å². The Kier molecular flexibility index (Phi) is 12.1. The Balaban J connectivity index is 1.41. The highest BCUT2D eigenvalue weighted by Gasteiger charge is 2.27. The van der Waals surface area contributed by atoms with Gasteiger partial charge < -0.3 is 9.47 Å². The Labute approximate surface area is 221 Å². The van der Waals surface area contributed by atoms with Crippen LogP contribution in [0, 0.1) is 5.92 Å². The molecule has 3 rings (SSSR count). The van der Waals surface area contributed by atoms with Gasteiger partial charge in [0.15, 0.2) is 6.17 Å². The molecule has 1 fully saturated rings. The smallest absolute Gasteiger partial charge is 0.340 e. The van der Waals surface area contributed by atoms with Crippen LogP contribution in [0.2, 0.25) is 5.02 Å². The standard InChI is InChI=1S/C31H42ClFO3/c1-3-5-7-21-35-30-20-17-26(22-28(30)32)25-15-11-23(12-16-25)9-10-24-13-18-27(19-14-24)36-31(34)29(33)8-6-4-2/h11-12,15-17,20,22,24,27,29H,3-10,13-14,18-19,21H2,1-2H3/t24?,27?,29-/m0/s1. The SMILES string of the molecule is CCCCCOc1ccc(-c2ccc(CCC3CCC(OC(=O)[C@@H](F)CCCC)CC3)cc2)cc1Cl. The van der Waals surface area contributed by atoms with E-state index >= 15 is 0 Å². The number of hydrogen-bond donors (Lipinski definition) is 0. The molecule has 198 valence electrons. The maximum atomic E-state index is 13.9. The van der Waals surface area contributed by atoms with Crippen LogP contribution in [0.25, 0.3) is 11.1 Å². The first-order valence-corrected chi connectivity index (χ1v) is 14.2. The second-order valence-corrected chi connectivity index (χ2v) is 10.5. The van der Waals surface area contributed by atoms with Gasteiger partial charge in [-0.15, -0.1) is 0 Å². The zero-order valence-corrected chi connectivity index (χ0v) is 22.7. The number of ether oxygens (including phenoxy) is 2. The van der Waals surface area contributed by atoms with Crippen molar-refractivity contribution < 1.29 is 18.7 Å². The van der Waals surface area contributed by atoms with Crippen molar-refractivity contribution in [2.24, 2.45) is 5.92 Å². The molecule has 0 heterocycles. The molecule has 2 aromatic carbocycles. The van der Waals surface area contributed by atoms with Crippen molar-refractivity contribution in [2.45, 2.75) is 103 Å². The van der Waals surface area contributed by atoms with Crippen molar-refractivity contribution in [2.75, 3.05) is 6.61 Å². The highest BCUT2D eigenvalue weighted by molar-refractivity contribution is 6.32. The van der Waals surface area contributed by atoms with Crippen LogP contribution >= 0.6 is 11.6 Å². The lowest BCUT2D eigenvalue weighted by atomic mass is 9.83. The maximum absolute atomic E-state index is 13.9. The number of halogens is 2. The molecule has 0 aromatic heterocycles. The summed E-state index contributed by atoms with van der Waals surface area (Å²) in [6.07, 6.45) is 9.59. The van der Waals surface area contributed by atoms with Crippen LogP contribution in [0.15, 0.2) is 42.5 Å². The highest BCUT2D eigenvalue weighted by atomic mass is 35.5. The number of unbranched alkanes of at least 4 members (excludes halogenated alkanes) is 3. The van der Waals surface area contributed by atoms with Gasteiger partial charge in [0.1, 0.15) is 11.9 Å². The lowest BCUT2D eigenvalue weighted by Gasteiger charge is -2.28. The van der Waals surface area contributed by atoms with Gasteiger partial charge in [-0.3, -0.25) is 0 Å². The van der Waals surface area contributed by atoms with Gasteiger partial charge in [-0.05, 0) is 86.1 Å². The predicted octanol–water partition coefficient (Wildman–Crippen LogP) is 9.14. The molecule has 0 bridgehead atoms. The number of alkyl halides is 1. The molecule has 0 radical (unpaired) electrons. The van der Waals surface area contributed by atoms with Crippen LogP contribution in [-0.4, -0.2) is 24.9 Å². The summed E-state index contributed by atoms with van der Waals surface area (Å²) in [5.41, 5.74) is 3.56. The molecule has 0 saturated heterocycles. The molecule has 0 N–H and O–H groups in total. The fourth-order valence-corrected chi connectivity index (χ4v) is 5.08. The second kappa shape index (κ2) is 15.2. The summed E-state index contributed by atoms with van der Waals surface area (Å²) in [6.45, 7) is 4.87. The van der Waals surface area contributed by atoms with E-state index < -0.39 is 12.1 Å². The summed E-state index contributed by atoms with van der Waals surface area (Å²) in [5.74, 6) is 0.714. The van der Waals surface area contributed by atoms with E-state index in [2.05, 4.69) is 37.3 Å². The maximum Gasteiger partial charge on any atom is 0.340 e. The van der Waals surface area contributed by atoms with E-state index in [1.165, 1.54) is 18.4 Å². The van der Waals surface area contributed by atoms with Crippen LogP contribution in [0.5, 0.6) is 5.75 Å². The van der Waals surface area contributed by atoms with Crippen LogP contribution < -0.4 is 4.74 Å². The normalized spacial score (nSPS) is 18.6. The largest absolute Gasteiger partial charge is 0.492 e. The zero-order valence-electron chi connectivity index (χ0n) is 21.9. The quantitative estimate of drug-likeness (QED) is 0.185. The average molecular weight is 517 g/mol. The fraction of sp³-hybridized carbons (Fsp3) is 0.581. The van der Waals surface area contributed by atoms with E-state index in [0.717, 1.165) is 74.7 Å². The van der Waals surface area contributed by atoms with Crippen molar-refractivity contribution in [3.05, 3.63) is 53.1 Å². The van der Waals surface area contributed by atoms with Crippen molar-refractivity contribution in [3.8, 4) is 16.9 Å². The minimum absolute atomic E-state index is 0.118. The van der Waals surface area contributed by atoms with Crippen molar-refractivity contribution in [1.29, 1.82) is 0 Å². The van der Waals surface area contributed by atoms with Gasteiger partial charge in [0.05, 0.1) is 11.6 Å². The van der Waals surface area contributed by atoms with E-state index in [1.54, 1.807) is 0 Å². The minimum atomic E-state index is -1.47. The summed E-state index contributed by atoms with van der Waals surface area (Å²) in [4.78, 5) is 11.9. The Hall–Kier alpha value is -2.07. The van der Waals surface area contributed by atoms with E-state index in [4.69, 9.17) is 21.1 Å². The predicted molar refractivity (Wildman–Crippen MR) is 146 cm³/mol. The van der Waals surface area contributed by atoms with Crippen LogP contribution in [-0.2, 0) is 16.0 Å². The molecule has 0 amide bonds. The van der Waals surface area contributed by atoms with Crippen molar-refractivity contribution in [1.82, 2.24) is 0 Å². The number of rotatable bonds is 14. The summed E-state index contributed by atoms with van der Waals surface area (Å²) in [7, 11) is 0. The molecule has 3 nitrogen and oxygen atoms in total. The molecule has 1 aliphatic carbocycles. The molecule has 0 aliphatic heterocycles. The first kappa shape index (κ1) is 28.5. The Bertz CT molecular complexity index is 922. The third-order valence-electron chi connectivity index (χ3n) is 7.21. The van der Waals surface area contributed by atoms with E-state index in [9.17, 15) is 9.18 Å². The zero-order chi connectivity index (χ0) is 25.8. The van der Waals surface area contributed by atoms with Gasteiger partial charge in [-0.1, -0.05) is 81.5 Å². The molecule has 36 heavy (non-hydrogen) atoms. The molecule has 1 saturated carbocycles. The fourth-order valence-electron chi connectivity index (χ4n) is 4.84. The minimum Gasteiger partial charge on any atom is -0.492 e. The molecular weight excluding hydrogens is 475 g/mol. The first-order valence-electron chi connectivity index (χ1n) is 13.9. The Morgan fingerprint density at radius 3 is 2.33 bits per heavy atom. The molecule has 2 aromatic rings. The third-order valence-corrected chi connectivity index (χ3v) is 7.50. The van der Waals surface area contributed by atoms with Crippen LogP contribution in [0.4, 0.5) is 4.39 Å². The number of carbonyl (C=O) groups excluding carboxylic acids is 1. The lowest BCUT2D eigenvalue weighted by molar-refractivity contribution is -0.157. The number of esters is 1.